The lowest BCUT2D eigenvalue weighted by atomic mass is 9.84. The lowest BCUT2D eigenvalue weighted by molar-refractivity contribution is 1.11. The highest BCUT2D eigenvalue weighted by atomic mass is 15.2. The maximum atomic E-state index is 5.31. The van der Waals surface area contributed by atoms with Gasteiger partial charge in [0.15, 0.2) is 0 Å². The first-order valence-electron chi connectivity index (χ1n) is 18.3. The van der Waals surface area contributed by atoms with Gasteiger partial charge in [0.1, 0.15) is 0 Å². The van der Waals surface area contributed by atoms with E-state index in [1.165, 1.54) is 81.3 Å². The van der Waals surface area contributed by atoms with Crippen molar-refractivity contribution in [3.8, 4) is 16.8 Å². The number of para-hydroxylation sites is 3. The van der Waals surface area contributed by atoms with Crippen molar-refractivity contribution in [2.45, 2.75) is 6.92 Å². The van der Waals surface area contributed by atoms with Gasteiger partial charge in [0, 0.05) is 5.69 Å². The van der Waals surface area contributed by atoms with Gasteiger partial charge in [-0.2, -0.15) is 0 Å². The Morgan fingerprint density at radius 2 is 0.774 bits per heavy atom. The molecule has 0 aliphatic heterocycles. The number of hydrogen-bond donors (Lipinski definition) is 0. The molecule has 2 aliphatic rings. The molecule has 246 valence electrons. The van der Waals surface area contributed by atoms with Crippen LogP contribution in [0, 0.1) is 6.92 Å². The Balaban J connectivity index is 1.35. The van der Waals surface area contributed by atoms with Gasteiger partial charge in [0.2, 0.25) is 5.78 Å². The second kappa shape index (κ2) is 10.5. The van der Waals surface area contributed by atoms with Crippen LogP contribution in [0.3, 0.4) is 0 Å². The second-order valence-corrected chi connectivity index (χ2v) is 14.3. The standard InChI is InChI=1S/C50H31N3/c1-30-13-10-26-46-49(30)51-50-52(44-24-8-9-25-45(44)53(46)50)31-27-28-38-34-16-4-7-19-37(34)40-21-11-20-39-35-17-5-2-14-32(35)33-15-3-6-18-36(33)41-22-12-23-42(43(38)29-31)48(41)47(39)40/h2-29H,1H3. The maximum absolute atomic E-state index is 5.31. The van der Waals surface area contributed by atoms with Crippen LogP contribution in [-0.2, 0) is 0 Å². The molecule has 0 spiro atoms. The van der Waals surface area contributed by atoms with Crippen molar-refractivity contribution in [2.24, 2.45) is 0 Å². The lowest BCUT2D eigenvalue weighted by Crippen LogP contribution is -1.96. The largest absolute Gasteiger partial charge is 0.278 e. The highest BCUT2D eigenvalue weighted by molar-refractivity contribution is 6.31. The summed E-state index contributed by atoms with van der Waals surface area (Å²) in [5.41, 5.74) is 9.26. The third-order valence-corrected chi connectivity index (χ3v) is 11.6. The molecule has 0 bridgehead atoms. The fourth-order valence-corrected chi connectivity index (χ4v) is 9.35. The highest BCUT2D eigenvalue weighted by Gasteiger charge is 2.21. The predicted molar refractivity (Wildman–Crippen MR) is 225 cm³/mol. The number of imidazole rings is 2. The Labute approximate surface area is 304 Å². The fourth-order valence-electron chi connectivity index (χ4n) is 9.35. The average molecular weight is 674 g/mol. The SMILES string of the molecule is Cc1cccc2c1nc1n(-c3ccc4c(c3)c3cccc5c3-c3c(cccc3c3ccccc34)c3ccccc3c3ccccc53)c3ccccc3n21. The van der Waals surface area contributed by atoms with Crippen molar-refractivity contribution in [1.82, 2.24) is 14.0 Å². The summed E-state index contributed by atoms with van der Waals surface area (Å²) < 4.78 is 4.66. The quantitative estimate of drug-likeness (QED) is 0.170. The molecule has 0 amide bonds. The van der Waals surface area contributed by atoms with Crippen molar-refractivity contribution in [3.63, 3.8) is 0 Å². The summed E-state index contributed by atoms with van der Waals surface area (Å²) in [6.45, 7) is 2.15. The molecule has 0 saturated carbocycles. The topological polar surface area (TPSA) is 22.2 Å². The summed E-state index contributed by atoms with van der Waals surface area (Å²) in [4.78, 5) is 5.31. The lowest BCUT2D eigenvalue weighted by Gasteiger charge is -2.20. The number of fused-ring (bicyclic) bond motifs is 15. The Morgan fingerprint density at radius 3 is 1.34 bits per heavy atom. The van der Waals surface area contributed by atoms with Gasteiger partial charge in [-0.05, 0) is 119 Å². The molecule has 0 saturated heterocycles. The molecule has 10 aromatic rings. The van der Waals surface area contributed by atoms with Crippen molar-refractivity contribution in [1.29, 1.82) is 0 Å². The van der Waals surface area contributed by atoms with Gasteiger partial charge < -0.3 is 0 Å². The molecule has 0 atom stereocenters. The summed E-state index contributed by atoms with van der Waals surface area (Å²) in [5, 5.41) is 14.9. The summed E-state index contributed by atoms with van der Waals surface area (Å²) in [6.07, 6.45) is 0. The number of rotatable bonds is 1. The van der Waals surface area contributed by atoms with Gasteiger partial charge in [-0.25, -0.2) is 4.98 Å². The van der Waals surface area contributed by atoms with Crippen LogP contribution in [0.1, 0.15) is 5.56 Å². The monoisotopic (exact) mass is 673 g/mol. The number of nitrogens with zero attached hydrogens (tertiary/aromatic N) is 3. The van der Waals surface area contributed by atoms with E-state index in [4.69, 9.17) is 4.98 Å². The van der Waals surface area contributed by atoms with E-state index >= 15 is 0 Å². The van der Waals surface area contributed by atoms with E-state index in [-0.39, 0.29) is 0 Å². The van der Waals surface area contributed by atoms with Crippen LogP contribution in [0.2, 0.25) is 0 Å². The van der Waals surface area contributed by atoms with Crippen LogP contribution in [0.25, 0.3) is 109 Å². The Hall–Kier alpha value is -6.97. The van der Waals surface area contributed by atoms with Crippen LogP contribution < -0.4 is 0 Å². The molecular weight excluding hydrogens is 643 g/mol. The molecule has 0 N–H and O–H groups in total. The number of aryl methyl sites for hydroxylation is 1. The van der Waals surface area contributed by atoms with E-state index in [0.717, 1.165) is 33.5 Å². The molecule has 2 aliphatic carbocycles. The third kappa shape index (κ3) is 3.80. The zero-order chi connectivity index (χ0) is 34.8. The van der Waals surface area contributed by atoms with Crippen molar-refractivity contribution in [2.75, 3.05) is 0 Å². The van der Waals surface area contributed by atoms with Crippen molar-refractivity contribution >= 4 is 92.5 Å². The van der Waals surface area contributed by atoms with E-state index < -0.39 is 0 Å². The number of benzene rings is 8. The van der Waals surface area contributed by atoms with Crippen molar-refractivity contribution in [3.05, 3.63) is 175 Å². The van der Waals surface area contributed by atoms with Gasteiger partial charge in [-0.1, -0.05) is 140 Å². The van der Waals surface area contributed by atoms with Gasteiger partial charge in [-0.15, -0.1) is 0 Å². The van der Waals surface area contributed by atoms with Crippen LogP contribution >= 0.6 is 0 Å². The summed E-state index contributed by atoms with van der Waals surface area (Å²) in [7, 11) is 0. The molecule has 8 aromatic carbocycles. The van der Waals surface area contributed by atoms with Crippen LogP contribution in [-0.4, -0.2) is 14.0 Å². The predicted octanol–water partition coefficient (Wildman–Crippen LogP) is 13.3. The van der Waals surface area contributed by atoms with E-state index in [0.29, 0.717) is 0 Å². The minimum absolute atomic E-state index is 0.920. The van der Waals surface area contributed by atoms with E-state index in [2.05, 4.69) is 186 Å². The highest BCUT2D eigenvalue weighted by Crippen LogP contribution is 2.47. The zero-order valence-corrected chi connectivity index (χ0v) is 29.0. The molecule has 2 heterocycles. The van der Waals surface area contributed by atoms with Crippen molar-refractivity contribution < 1.29 is 0 Å². The molecule has 0 fully saturated rings. The molecule has 2 aromatic heterocycles. The molecule has 3 heteroatoms. The smallest absolute Gasteiger partial charge is 0.220 e. The van der Waals surface area contributed by atoms with Crippen LogP contribution in [0.4, 0.5) is 0 Å². The Morgan fingerprint density at radius 1 is 0.358 bits per heavy atom. The minimum Gasteiger partial charge on any atom is -0.278 e. The maximum Gasteiger partial charge on any atom is 0.220 e. The van der Waals surface area contributed by atoms with Gasteiger partial charge >= 0.3 is 0 Å². The molecule has 0 unspecified atom stereocenters. The van der Waals surface area contributed by atoms with Gasteiger partial charge in [-0.3, -0.25) is 8.97 Å². The van der Waals surface area contributed by atoms with E-state index in [1.807, 2.05) is 0 Å². The van der Waals surface area contributed by atoms with Crippen LogP contribution in [0.15, 0.2) is 170 Å². The molecule has 3 nitrogen and oxygen atoms in total. The number of hydrogen-bond acceptors (Lipinski definition) is 1. The first-order valence-corrected chi connectivity index (χ1v) is 18.3. The molecule has 53 heavy (non-hydrogen) atoms. The molecule has 12 rings (SSSR count). The van der Waals surface area contributed by atoms with E-state index in [9.17, 15) is 0 Å². The molecular formula is C50H31N3. The second-order valence-electron chi connectivity index (χ2n) is 14.3. The fraction of sp³-hybridized carbons (Fsp3) is 0.0200. The minimum atomic E-state index is 0.920. The van der Waals surface area contributed by atoms with E-state index in [1.54, 1.807) is 0 Å². The summed E-state index contributed by atoms with van der Waals surface area (Å²) >= 11 is 0. The normalized spacial score (nSPS) is 12.2. The van der Waals surface area contributed by atoms with Gasteiger partial charge in [0.05, 0.1) is 22.1 Å². The molecule has 0 radical (unpaired) electrons. The number of aromatic nitrogens is 3. The summed E-state index contributed by atoms with van der Waals surface area (Å²) in [5.74, 6) is 0.920. The van der Waals surface area contributed by atoms with Gasteiger partial charge in [0.25, 0.3) is 0 Å². The first kappa shape index (κ1) is 28.7. The Kier molecular flexibility index (Phi) is 5.70. The Bertz CT molecular complexity index is 3530. The average Bonchev–Trinajstić information content (AvgIpc) is 3.75. The third-order valence-electron chi connectivity index (χ3n) is 11.6. The zero-order valence-electron chi connectivity index (χ0n) is 29.0. The van der Waals surface area contributed by atoms with Crippen LogP contribution in [0.5, 0.6) is 0 Å². The first-order chi connectivity index (χ1) is 26.2. The summed E-state index contributed by atoms with van der Waals surface area (Å²) in [6, 6.07) is 62.8.